The Balaban J connectivity index is 2.45. The summed E-state index contributed by atoms with van der Waals surface area (Å²) in [7, 11) is 0. The molecule has 4 N–H and O–H groups in total. The molecule has 1 aromatic carbocycles. The van der Waals surface area contributed by atoms with Gasteiger partial charge in [0.1, 0.15) is 0 Å². The van der Waals surface area contributed by atoms with Crippen LogP contribution in [0.25, 0.3) is 0 Å². The van der Waals surface area contributed by atoms with Gasteiger partial charge in [-0.05, 0) is 31.5 Å². The van der Waals surface area contributed by atoms with E-state index >= 15 is 0 Å². The van der Waals surface area contributed by atoms with Crippen molar-refractivity contribution in [3.05, 3.63) is 29.8 Å². The Labute approximate surface area is 119 Å². The average Bonchev–Trinajstić information content (AvgIpc) is 2.46. The molecule has 0 aliphatic rings. The van der Waals surface area contributed by atoms with Gasteiger partial charge in [0.25, 0.3) is 0 Å². The molecule has 0 aliphatic carbocycles. The average molecular weight is 278 g/mol. The zero-order valence-corrected chi connectivity index (χ0v) is 12.0. The van der Waals surface area contributed by atoms with Gasteiger partial charge in [0, 0.05) is 25.3 Å². The van der Waals surface area contributed by atoms with Crippen LogP contribution in [0.2, 0.25) is 0 Å². The van der Waals surface area contributed by atoms with Crippen molar-refractivity contribution in [2.45, 2.75) is 20.4 Å². The van der Waals surface area contributed by atoms with Crippen molar-refractivity contribution in [2.75, 3.05) is 25.0 Å². The summed E-state index contributed by atoms with van der Waals surface area (Å²) in [6.45, 7) is 5.48. The quantitative estimate of drug-likeness (QED) is 0.729. The number of carbonyl (C=O) groups is 2. The Morgan fingerprint density at radius 3 is 2.55 bits per heavy atom. The van der Waals surface area contributed by atoms with Crippen LogP contribution in [-0.2, 0) is 11.3 Å². The zero-order valence-electron chi connectivity index (χ0n) is 12.0. The minimum Gasteiger partial charge on any atom is -0.342 e. The van der Waals surface area contributed by atoms with Gasteiger partial charge in [-0.15, -0.1) is 0 Å². The molecular formula is C14H22N4O2. The second-order valence-corrected chi connectivity index (χ2v) is 4.28. The summed E-state index contributed by atoms with van der Waals surface area (Å²) in [5.74, 6) is -0.0964. The molecule has 1 aromatic rings. The van der Waals surface area contributed by atoms with Gasteiger partial charge < -0.3 is 21.3 Å². The van der Waals surface area contributed by atoms with Crippen molar-refractivity contribution in [2.24, 2.45) is 5.73 Å². The number of amides is 3. The summed E-state index contributed by atoms with van der Waals surface area (Å²) < 4.78 is 0. The number of nitrogens with one attached hydrogen (secondary N) is 2. The maximum absolute atomic E-state index is 11.7. The molecule has 0 spiro atoms. The van der Waals surface area contributed by atoms with Crippen molar-refractivity contribution in [1.29, 1.82) is 0 Å². The van der Waals surface area contributed by atoms with Crippen LogP contribution in [0.1, 0.15) is 19.4 Å². The summed E-state index contributed by atoms with van der Waals surface area (Å²) in [5.41, 5.74) is 7.12. The molecule has 0 saturated heterocycles. The van der Waals surface area contributed by atoms with E-state index in [1.165, 1.54) is 0 Å². The number of carbonyl (C=O) groups excluding carboxylic acids is 2. The molecule has 1 rings (SSSR count). The van der Waals surface area contributed by atoms with E-state index in [4.69, 9.17) is 5.73 Å². The summed E-state index contributed by atoms with van der Waals surface area (Å²) in [4.78, 5) is 25.1. The normalized spacial score (nSPS) is 9.95. The van der Waals surface area contributed by atoms with Crippen molar-refractivity contribution in [1.82, 2.24) is 10.2 Å². The summed E-state index contributed by atoms with van der Waals surface area (Å²) in [6, 6.07) is 6.86. The van der Waals surface area contributed by atoms with Gasteiger partial charge >= 0.3 is 6.03 Å². The number of anilines is 1. The Hall–Kier alpha value is -2.08. The molecule has 3 amide bonds. The smallest absolute Gasteiger partial charge is 0.319 e. The first-order valence-corrected chi connectivity index (χ1v) is 6.72. The van der Waals surface area contributed by atoms with Crippen LogP contribution in [0.4, 0.5) is 10.5 Å². The largest absolute Gasteiger partial charge is 0.342 e. The van der Waals surface area contributed by atoms with Gasteiger partial charge in [-0.25, -0.2) is 4.79 Å². The first kappa shape index (κ1) is 16.0. The second-order valence-electron chi connectivity index (χ2n) is 4.28. The lowest BCUT2D eigenvalue weighted by molar-refractivity contribution is -0.129. The van der Waals surface area contributed by atoms with Crippen molar-refractivity contribution >= 4 is 17.6 Å². The number of rotatable bonds is 6. The Bertz CT molecular complexity index is 458. The van der Waals surface area contributed by atoms with Gasteiger partial charge in [0.05, 0.1) is 6.54 Å². The van der Waals surface area contributed by atoms with E-state index in [0.29, 0.717) is 25.3 Å². The fourth-order valence-corrected chi connectivity index (χ4v) is 1.80. The lowest BCUT2D eigenvalue weighted by Gasteiger charge is -2.18. The number of nitrogens with zero attached hydrogens (tertiary/aromatic N) is 1. The van der Waals surface area contributed by atoms with Crippen LogP contribution in [0.3, 0.4) is 0 Å². The highest BCUT2D eigenvalue weighted by Crippen LogP contribution is 2.09. The number of nitrogens with two attached hydrogens (primary N) is 1. The van der Waals surface area contributed by atoms with E-state index in [0.717, 1.165) is 5.56 Å². The van der Waals surface area contributed by atoms with Crippen molar-refractivity contribution in [3.63, 3.8) is 0 Å². The van der Waals surface area contributed by atoms with Crippen LogP contribution in [0.5, 0.6) is 0 Å². The summed E-state index contributed by atoms with van der Waals surface area (Å²) >= 11 is 0. The third-order valence-electron chi connectivity index (χ3n) is 2.94. The zero-order chi connectivity index (χ0) is 15.0. The molecule has 0 radical (unpaired) electrons. The van der Waals surface area contributed by atoms with Gasteiger partial charge in [-0.1, -0.05) is 12.1 Å². The van der Waals surface area contributed by atoms with E-state index in [1.54, 1.807) is 17.0 Å². The maximum atomic E-state index is 11.7. The predicted octanol–water partition coefficient (Wildman–Crippen LogP) is 1.14. The van der Waals surface area contributed by atoms with Gasteiger partial charge in [-0.2, -0.15) is 0 Å². The van der Waals surface area contributed by atoms with E-state index in [2.05, 4.69) is 10.6 Å². The third kappa shape index (κ3) is 4.89. The number of hydrogen-bond donors (Lipinski definition) is 3. The van der Waals surface area contributed by atoms with Crippen molar-refractivity contribution in [3.8, 4) is 0 Å². The third-order valence-corrected chi connectivity index (χ3v) is 2.94. The van der Waals surface area contributed by atoms with Crippen LogP contribution < -0.4 is 16.4 Å². The van der Waals surface area contributed by atoms with Gasteiger partial charge in [-0.3, -0.25) is 4.79 Å². The predicted molar refractivity (Wildman–Crippen MR) is 79.3 cm³/mol. The highest BCUT2D eigenvalue weighted by Gasteiger charge is 2.10. The monoisotopic (exact) mass is 278 g/mol. The molecule has 0 fully saturated rings. The molecule has 110 valence electrons. The van der Waals surface area contributed by atoms with Gasteiger partial charge in [0.2, 0.25) is 5.91 Å². The second kappa shape index (κ2) is 8.16. The topological polar surface area (TPSA) is 87.5 Å². The molecular weight excluding hydrogens is 256 g/mol. The Kier molecular flexibility index (Phi) is 6.52. The minimum atomic E-state index is -0.403. The number of likely N-dealkylation sites (N-methyl/N-ethyl adjacent to an activating group) is 1. The van der Waals surface area contributed by atoms with Crippen molar-refractivity contribution < 1.29 is 9.59 Å². The van der Waals surface area contributed by atoms with Crippen LogP contribution >= 0.6 is 0 Å². The molecule has 0 bridgehead atoms. The van der Waals surface area contributed by atoms with Crippen LogP contribution in [0, 0.1) is 0 Å². The number of benzene rings is 1. The number of hydrogen-bond acceptors (Lipinski definition) is 3. The maximum Gasteiger partial charge on any atom is 0.319 e. The van der Waals surface area contributed by atoms with E-state index in [9.17, 15) is 9.59 Å². The van der Waals surface area contributed by atoms with Gasteiger partial charge in [0.15, 0.2) is 0 Å². The summed E-state index contributed by atoms with van der Waals surface area (Å²) in [5, 5.41) is 5.22. The van der Waals surface area contributed by atoms with Crippen LogP contribution in [-0.4, -0.2) is 36.5 Å². The molecule has 6 heteroatoms. The molecule has 0 heterocycles. The Morgan fingerprint density at radius 1 is 1.25 bits per heavy atom. The molecule has 6 nitrogen and oxygen atoms in total. The SMILES string of the molecule is CCN(CC)C(=O)CNC(=O)Nc1cccc(CN)c1. The highest BCUT2D eigenvalue weighted by molar-refractivity contribution is 5.92. The first-order chi connectivity index (χ1) is 9.60. The molecule has 0 saturated carbocycles. The minimum absolute atomic E-state index is 0.00983. The summed E-state index contributed by atoms with van der Waals surface area (Å²) in [6.07, 6.45) is 0. The van der Waals surface area contributed by atoms with Crippen LogP contribution in [0.15, 0.2) is 24.3 Å². The van der Waals surface area contributed by atoms with E-state index in [-0.39, 0.29) is 12.5 Å². The first-order valence-electron chi connectivity index (χ1n) is 6.72. The fraction of sp³-hybridized carbons (Fsp3) is 0.429. The molecule has 0 unspecified atom stereocenters. The molecule has 0 aliphatic heterocycles. The lowest BCUT2D eigenvalue weighted by Crippen LogP contribution is -2.41. The lowest BCUT2D eigenvalue weighted by atomic mass is 10.2. The van der Waals surface area contributed by atoms with E-state index < -0.39 is 6.03 Å². The molecule has 20 heavy (non-hydrogen) atoms. The molecule has 0 atom stereocenters. The Morgan fingerprint density at radius 2 is 1.95 bits per heavy atom. The van der Waals surface area contributed by atoms with E-state index in [1.807, 2.05) is 26.0 Å². The standard InChI is InChI=1S/C14H22N4O2/c1-3-18(4-2)13(19)10-16-14(20)17-12-7-5-6-11(8-12)9-15/h5-8H,3-4,9-10,15H2,1-2H3,(H2,16,17,20). The number of urea groups is 1. The fourth-order valence-electron chi connectivity index (χ4n) is 1.80. The molecule has 0 aromatic heterocycles. The highest BCUT2D eigenvalue weighted by atomic mass is 16.2.